The number of hydrogen-bond acceptors (Lipinski definition) is 17. The number of amides is 3. The molecule has 0 aromatic rings. The molecule has 5 heterocycles. The Morgan fingerprint density at radius 1 is 0.836 bits per heavy atom. The number of hydrogen-bond donors (Lipinski definition) is 10. The lowest BCUT2D eigenvalue weighted by Crippen LogP contribution is -2.48. The third kappa shape index (κ3) is 16.4. The highest BCUT2D eigenvalue weighted by molar-refractivity contribution is 5.88. The monoisotopic (exact) mass is 873 g/mol. The van der Waals surface area contributed by atoms with Crippen LogP contribution in [-0.4, -0.2) is 176 Å². The number of unbranched alkanes of at least 4 members (excludes halogenated alkanes) is 1. The quantitative estimate of drug-likeness (QED) is 0.0868. The third-order valence-electron chi connectivity index (χ3n) is 10.6. The van der Waals surface area contributed by atoms with Crippen molar-refractivity contribution in [1.29, 1.82) is 0 Å². The summed E-state index contributed by atoms with van der Waals surface area (Å²) in [4.78, 5) is 107. The zero-order valence-electron chi connectivity index (χ0n) is 34.7. The number of aliphatic carboxylic acids is 4. The average Bonchev–Trinajstić information content (AvgIpc) is 3.70. The van der Waals surface area contributed by atoms with Gasteiger partial charge in [-0.05, 0) is 77.3 Å². The summed E-state index contributed by atoms with van der Waals surface area (Å²) < 4.78 is 5.14. The van der Waals surface area contributed by atoms with E-state index in [0.717, 1.165) is 43.7 Å². The number of ether oxygens (including phenoxy) is 1. The van der Waals surface area contributed by atoms with Gasteiger partial charge in [-0.25, -0.2) is 9.59 Å². The molecule has 346 valence electrons. The van der Waals surface area contributed by atoms with Crippen LogP contribution in [0.15, 0.2) is 0 Å². The first-order valence-electron chi connectivity index (χ1n) is 20.4. The van der Waals surface area contributed by atoms with E-state index in [0.29, 0.717) is 71.1 Å². The molecule has 24 nitrogen and oxygen atoms in total. The van der Waals surface area contributed by atoms with Crippen LogP contribution in [0.2, 0.25) is 0 Å². The van der Waals surface area contributed by atoms with Crippen LogP contribution in [0.4, 0.5) is 0 Å². The summed E-state index contributed by atoms with van der Waals surface area (Å²) in [5, 5.41) is 40.4. The maximum absolute atomic E-state index is 12.0. The molecule has 3 unspecified atom stereocenters. The lowest BCUT2D eigenvalue weighted by atomic mass is 10.1. The van der Waals surface area contributed by atoms with E-state index in [4.69, 9.17) is 52.9 Å². The van der Waals surface area contributed by atoms with E-state index < -0.39 is 83.6 Å². The van der Waals surface area contributed by atoms with Crippen LogP contribution in [0.3, 0.4) is 0 Å². The topological polar surface area (TPSA) is 391 Å². The molecule has 0 bridgehead atoms. The Balaban J connectivity index is 0.000000277. The van der Waals surface area contributed by atoms with E-state index >= 15 is 0 Å². The van der Waals surface area contributed by atoms with Gasteiger partial charge in [-0.3, -0.25) is 33.6 Å². The first-order valence-corrected chi connectivity index (χ1v) is 20.4. The van der Waals surface area contributed by atoms with Gasteiger partial charge < -0.3 is 73.4 Å². The highest BCUT2D eigenvalue weighted by Crippen LogP contribution is 2.31. The smallest absolute Gasteiger partial charge is 0.354 e. The summed E-state index contributed by atoms with van der Waals surface area (Å²) in [6.45, 7) is 6.05. The molecule has 0 aromatic carbocycles. The SMILES string of the molecule is CC(=O)N1CCC[C@H]1C(=O)O.CCCC[C@@H](N)C(=O)OC1CCN[C@@H]1C(=O)O.NC1(C(=O)O)CC1.NCC(=O)N1CCC[C@H]1C(=O)ON1CCC(N)C1=O.O=C(O)C1CCN1. The summed E-state index contributed by atoms with van der Waals surface area (Å²) >= 11 is 0. The van der Waals surface area contributed by atoms with Crippen molar-refractivity contribution in [3.63, 3.8) is 0 Å². The molecule has 0 spiro atoms. The molecule has 0 aromatic heterocycles. The Morgan fingerprint density at radius 3 is 1.82 bits per heavy atom. The zero-order chi connectivity index (χ0) is 46.0. The van der Waals surface area contributed by atoms with Gasteiger partial charge >= 0.3 is 35.8 Å². The van der Waals surface area contributed by atoms with Gasteiger partial charge in [0.15, 0.2) is 0 Å². The van der Waals surface area contributed by atoms with Crippen molar-refractivity contribution in [2.75, 3.05) is 39.3 Å². The van der Waals surface area contributed by atoms with Crippen molar-refractivity contribution in [2.45, 2.75) is 139 Å². The molecule has 5 aliphatic heterocycles. The van der Waals surface area contributed by atoms with Gasteiger partial charge in [0, 0.05) is 20.0 Å². The van der Waals surface area contributed by atoms with E-state index in [1.165, 1.54) is 16.7 Å². The molecule has 0 radical (unpaired) electrons. The van der Waals surface area contributed by atoms with Gasteiger partial charge in [-0.1, -0.05) is 19.8 Å². The molecule has 5 saturated heterocycles. The summed E-state index contributed by atoms with van der Waals surface area (Å²) in [7, 11) is 0. The van der Waals surface area contributed by atoms with Gasteiger partial charge in [0.05, 0.1) is 19.1 Å². The van der Waals surface area contributed by atoms with Crippen LogP contribution < -0.4 is 33.6 Å². The van der Waals surface area contributed by atoms with Gasteiger partial charge in [0.25, 0.3) is 5.91 Å². The Kier molecular flexibility index (Phi) is 21.4. The van der Waals surface area contributed by atoms with Gasteiger partial charge in [0.2, 0.25) is 11.8 Å². The van der Waals surface area contributed by atoms with Crippen LogP contribution >= 0.6 is 0 Å². The number of esters is 1. The minimum absolute atomic E-state index is 0.142. The van der Waals surface area contributed by atoms with E-state index in [9.17, 15) is 43.2 Å². The number of carbonyl (C=O) groups excluding carboxylic acids is 5. The molecule has 3 amide bonds. The molecule has 61 heavy (non-hydrogen) atoms. The number of carboxylic acids is 4. The van der Waals surface area contributed by atoms with Crippen molar-refractivity contribution in [1.82, 2.24) is 25.5 Å². The van der Waals surface area contributed by atoms with Crippen molar-refractivity contribution in [3.05, 3.63) is 0 Å². The van der Waals surface area contributed by atoms with Crippen molar-refractivity contribution in [3.8, 4) is 0 Å². The number of likely N-dealkylation sites (tertiary alicyclic amines) is 2. The minimum atomic E-state index is -0.998. The number of nitrogens with zero attached hydrogens (tertiary/aromatic N) is 3. The van der Waals surface area contributed by atoms with Crippen LogP contribution in [0.25, 0.3) is 0 Å². The van der Waals surface area contributed by atoms with Crippen molar-refractivity contribution in [2.24, 2.45) is 22.9 Å². The number of carbonyl (C=O) groups is 9. The van der Waals surface area contributed by atoms with Crippen LogP contribution in [0.5, 0.6) is 0 Å². The maximum Gasteiger partial charge on any atom is 0.354 e. The molecule has 24 heteroatoms. The highest BCUT2D eigenvalue weighted by atomic mass is 16.7. The number of hydroxylamine groups is 2. The fourth-order valence-electron chi connectivity index (χ4n) is 6.44. The largest absolute Gasteiger partial charge is 0.480 e. The van der Waals surface area contributed by atoms with E-state index in [-0.39, 0.29) is 24.4 Å². The van der Waals surface area contributed by atoms with Crippen LogP contribution in [0, 0.1) is 0 Å². The number of nitrogens with two attached hydrogens (primary N) is 4. The average molecular weight is 874 g/mol. The summed E-state index contributed by atoms with van der Waals surface area (Å²) in [5.74, 6) is -5.42. The van der Waals surface area contributed by atoms with E-state index in [1.54, 1.807) is 0 Å². The van der Waals surface area contributed by atoms with E-state index in [2.05, 4.69) is 10.6 Å². The predicted octanol–water partition coefficient (Wildman–Crippen LogP) is -3.11. The molecule has 7 atom stereocenters. The summed E-state index contributed by atoms with van der Waals surface area (Å²) in [6, 6.07) is -3.55. The molecule has 6 aliphatic rings. The van der Waals surface area contributed by atoms with Crippen molar-refractivity contribution >= 4 is 53.5 Å². The Hall–Kier alpha value is -5.01. The lowest BCUT2D eigenvalue weighted by Gasteiger charge is -2.24. The molecule has 14 N–H and O–H groups in total. The van der Waals surface area contributed by atoms with Crippen LogP contribution in [0.1, 0.15) is 90.9 Å². The second-order valence-electron chi connectivity index (χ2n) is 15.3. The fourth-order valence-corrected chi connectivity index (χ4v) is 6.44. The normalized spacial score (nSPS) is 25.9. The fraction of sp³-hybridized carbons (Fsp3) is 0.757. The summed E-state index contributed by atoms with van der Waals surface area (Å²) in [5.41, 5.74) is 20.8. The van der Waals surface area contributed by atoms with Gasteiger partial charge in [-0.15, -0.1) is 0 Å². The molecular formula is C37H63N9O15. The lowest BCUT2D eigenvalue weighted by molar-refractivity contribution is -0.197. The molecule has 6 rings (SSSR count). The number of rotatable bonds is 12. The first kappa shape index (κ1) is 52.1. The van der Waals surface area contributed by atoms with Crippen molar-refractivity contribution < 1.29 is 73.2 Å². The number of nitrogens with one attached hydrogen (secondary N) is 2. The molecule has 1 aliphatic carbocycles. The Labute approximate surface area is 352 Å². The van der Waals surface area contributed by atoms with Gasteiger partial charge in [0.1, 0.15) is 41.9 Å². The molecule has 1 saturated carbocycles. The minimum Gasteiger partial charge on any atom is -0.480 e. The zero-order valence-corrected chi connectivity index (χ0v) is 34.7. The molecule has 6 fully saturated rings. The first-order chi connectivity index (χ1) is 28.7. The van der Waals surface area contributed by atoms with Gasteiger partial charge in [-0.2, -0.15) is 5.06 Å². The summed E-state index contributed by atoms with van der Waals surface area (Å²) in [6.07, 6.45) is 7.49. The van der Waals surface area contributed by atoms with E-state index in [1.807, 2.05) is 6.92 Å². The molecular weight excluding hydrogens is 810 g/mol. The second-order valence-corrected chi connectivity index (χ2v) is 15.3. The third-order valence-corrected chi connectivity index (χ3v) is 10.6. The second kappa shape index (κ2) is 25.1. The highest BCUT2D eigenvalue weighted by Gasteiger charge is 2.46. The Morgan fingerprint density at radius 2 is 1.43 bits per heavy atom. The van der Waals surface area contributed by atoms with Crippen LogP contribution in [-0.2, 0) is 52.7 Å². The Bertz CT molecular complexity index is 1540. The predicted molar refractivity (Wildman–Crippen MR) is 211 cm³/mol. The standard InChI is InChI=1S/C11H18N4O4.C11H20N2O4.C7H11NO3.2C4H7NO2/c12-6-9(16)14-4-1-2-8(14)11(18)19-15-5-3-7(13)10(15)17;1-2-3-4-7(12)11(16)17-8-5-6-13-9(8)10(14)15;1-5(9)8-4-2-3-6(8)7(10)11;5-4(1-2-4)3(6)7;6-4(7)3-1-2-5-3/h7-8H,1-6,12-13H2;7-9,13H,2-6,12H2,1H3,(H,14,15);6H,2-4H2,1H3,(H,10,11);1-2,5H2,(H,6,7);3,5H,1-2H2,(H,6,7)/t7?,8-;7-,8?,9+;6-;;/m010../s1. The number of carboxylic acid groups (broad SMARTS) is 4. The maximum atomic E-state index is 12.0.